The summed E-state index contributed by atoms with van der Waals surface area (Å²) >= 11 is 0. The van der Waals surface area contributed by atoms with Crippen molar-refractivity contribution in [1.29, 1.82) is 0 Å². The Hall–Kier alpha value is -3.99. The van der Waals surface area contributed by atoms with Gasteiger partial charge in [0, 0.05) is 24.8 Å². The van der Waals surface area contributed by atoms with E-state index in [9.17, 15) is 8.42 Å². The van der Waals surface area contributed by atoms with Crippen LogP contribution in [0, 0.1) is 13.8 Å². The van der Waals surface area contributed by atoms with E-state index in [4.69, 9.17) is 14.0 Å². The van der Waals surface area contributed by atoms with Crippen LogP contribution in [0.1, 0.15) is 16.8 Å². The van der Waals surface area contributed by atoms with Crippen LogP contribution in [0.2, 0.25) is 0 Å². The van der Waals surface area contributed by atoms with Gasteiger partial charge in [0.05, 0.1) is 41.2 Å². The van der Waals surface area contributed by atoms with Gasteiger partial charge in [-0.05, 0) is 43.2 Å². The Bertz CT molecular complexity index is 1680. The Kier molecular flexibility index (Phi) is 7.78. The molecule has 39 heavy (non-hydrogen) atoms. The lowest BCUT2D eigenvalue weighted by Crippen LogP contribution is -2.34. The molecule has 0 radical (unpaired) electrons. The van der Waals surface area contributed by atoms with E-state index in [1.807, 2.05) is 60.9 Å². The number of anilines is 1. The Morgan fingerprint density at radius 1 is 0.949 bits per heavy atom. The van der Waals surface area contributed by atoms with Crippen molar-refractivity contribution in [2.45, 2.75) is 25.3 Å². The number of aryl methyl sites for hydroxylation is 1. The summed E-state index contributed by atoms with van der Waals surface area (Å²) in [5.74, 6) is 0.127. The Morgan fingerprint density at radius 2 is 1.69 bits per heavy atom. The highest BCUT2D eigenvalue weighted by atomic mass is 32.2. The average Bonchev–Trinajstić information content (AvgIpc) is 3.51. The first-order chi connectivity index (χ1) is 18.9. The van der Waals surface area contributed by atoms with Crippen molar-refractivity contribution in [1.82, 2.24) is 14.7 Å². The van der Waals surface area contributed by atoms with Gasteiger partial charge in [-0.1, -0.05) is 59.8 Å². The average molecular weight is 547 g/mol. The van der Waals surface area contributed by atoms with E-state index in [0.29, 0.717) is 30.0 Å². The molecule has 10 heteroatoms. The first-order valence-electron chi connectivity index (χ1n) is 12.5. The van der Waals surface area contributed by atoms with Crippen LogP contribution >= 0.6 is 0 Å². The fourth-order valence-electron chi connectivity index (χ4n) is 4.33. The van der Waals surface area contributed by atoms with Crippen molar-refractivity contribution in [3.63, 3.8) is 0 Å². The van der Waals surface area contributed by atoms with Crippen molar-refractivity contribution in [2.75, 3.05) is 31.4 Å². The van der Waals surface area contributed by atoms with Crippen LogP contribution in [0.5, 0.6) is 0 Å². The molecule has 0 bridgehead atoms. The molecule has 0 N–H and O–H groups in total. The molecular weight excluding hydrogens is 516 g/mol. The maximum absolute atomic E-state index is 14.1. The third-order valence-corrected chi connectivity index (χ3v) is 8.36. The molecule has 0 saturated carbocycles. The van der Waals surface area contributed by atoms with Gasteiger partial charge in [-0.3, -0.25) is 0 Å². The van der Waals surface area contributed by atoms with Gasteiger partial charge >= 0.3 is 0 Å². The number of rotatable bonds is 11. The molecule has 5 aromatic rings. The third-order valence-electron chi connectivity index (χ3n) is 6.60. The zero-order valence-electron chi connectivity index (χ0n) is 22.1. The normalized spacial score (nSPS) is 11.8. The molecule has 0 atom stereocenters. The molecule has 0 unspecified atom stereocenters. The zero-order valence-corrected chi connectivity index (χ0v) is 22.9. The molecule has 0 fully saturated rings. The van der Waals surface area contributed by atoms with Crippen molar-refractivity contribution < 1.29 is 22.4 Å². The largest absolute Gasteiger partial charge is 0.382 e. The van der Waals surface area contributed by atoms with E-state index in [1.54, 1.807) is 39.2 Å². The van der Waals surface area contributed by atoms with Crippen LogP contribution in [0.3, 0.4) is 0 Å². The Balaban J connectivity index is 1.46. The molecule has 0 spiro atoms. The topological polar surface area (TPSA) is 99.7 Å². The molecule has 3 aromatic carbocycles. The van der Waals surface area contributed by atoms with E-state index < -0.39 is 10.0 Å². The van der Waals surface area contributed by atoms with Crippen LogP contribution in [-0.4, -0.2) is 50.2 Å². The van der Waals surface area contributed by atoms with E-state index >= 15 is 0 Å². The molecule has 0 aliphatic rings. The number of aromatic nitrogens is 3. The number of fused-ring (bicyclic) bond motifs is 1. The summed E-state index contributed by atoms with van der Waals surface area (Å²) in [7, 11) is -2.53. The summed E-state index contributed by atoms with van der Waals surface area (Å²) in [6, 6.07) is 22.8. The monoisotopic (exact) mass is 546 g/mol. The summed E-state index contributed by atoms with van der Waals surface area (Å²) in [6.07, 6.45) is 1.83. The summed E-state index contributed by atoms with van der Waals surface area (Å²) in [5.41, 5.74) is 5.67. The fraction of sp³-hybridized carbons (Fsp3) is 0.241. The second-order valence-electron chi connectivity index (χ2n) is 9.14. The number of imidazole rings is 1. The zero-order chi connectivity index (χ0) is 27.4. The van der Waals surface area contributed by atoms with Crippen molar-refractivity contribution in [2.24, 2.45) is 0 Å². The van der Waals surface area contributed by atoms with Gasteiger partial charge in [0.25, 0.3) is 10.0 Å². The van der Waals surface area contributed by atoms with Crippen LogP contribution in [-0.2, 0) is 26.0 Å². The van der Waals surface area contributed by atoms with Gasteiger partial charge in [0.15, 0.2) is 0 Å². The van der Waals surface area contributed by atoms with E-state index in [-0.39, 0.29) is 24.1 Å². The molecule has 0 amide bonds. The van der Waals surface area contributed by atoms with Crippen LogP contribution in [0.25, 0.3) is 22.2 Å². The molecule has 9 nitrogen and oxygen atoms in total. The van der Waals surface area contributed by atoms with Crippen molar-refractivity contribution >= 4 is 26.9 Å². The second kappa shape index (κ2) is 11.4. The minimum Gasteiger partial charge on any atom is -0.382 e. The SMILES string of the molecule is COCCOCN(c1onc(C)c1C)S(=O)(=O)c1ccccc1-c1ccc(Cn2cnc3ccccc32)cc1. The molecule has 5 rings (SSSR count). The number of benzene rings is 3. The molecule has 0 saturated heterocycles. The summed E-state index contributed by atoms with van der Waals surface area (Å²) < 4.78 is 47.5. The number of hydrogen-bond acceptors (Lipinski definition) is 7. The van der Waals surface area contributed by atoms with Gasteiger partial charge in [-0.2, -0.15) is 0 Å². The van der Waals surface area contributed by atoms with Crippen LogP contribution in [0.15, 0.2) is 88.5 Å². The minimum absolute atomic E-state index is 0.127. The Labute approximate surface area is 227 Å². The number of sulfonamides is 1. The van der Waals surface area contributed by atoms with Gasteiger partial charge < -0.3 is 18.6 Å². The van der Waals surface area contributed by atoms with Crippen LogP contribution < -0.4 is 4.31 Å². The number of hydrogen-bond donors (Lipinski definition) is 0. The quantitative estimate of drug-likeness (QED) is 0.166. The van der Waals surface area contributed by atoms with Gasteiger partial charge in [-0.15, -0.1) is 0 Å². The highest BCUT2D eigenvalue weighted by molar-refractivity contribution is 7.93. The van der Waals surface area contributed by atoms with Gasteiger partial charge in [-0.25, -0.2) is 17.7 Å². The van der Waals surface area contributed by atoms with Crippen molar-refractivity contribution in [3.05, 3.63) is 95.9 Å². The lowest BCUT2D eigenvalue weighted by atomic mass is 10.0. The minimum atomic E-state index is -4.08. The number of methoxy groups -OCH3 is 1. The Morgan fingerprint density at radius 3 is 2.44 bits per heavy atom. The number of nitrogens with zero attached hydrogens (tertiary/aromatic N) is 4. The lowest BCUT2D eigenvalue weighted by Gasteiger charge is -2.23. The lowest BCUT2D eigenvalue weighted by molar-refractivity contribution is 0.0744. The molecule has 2 aromatic heterocycles. The standard InChI is InChI=1S/C29H30N4O5S/c1-21-22(2)31-38-29(21)33(20-37-17-16-36-3)39(34,35)28-11-7-4-8-25(28)24-14-12-23(13-15-24)18-32-19-30-26-9-5-6-10-27(26)32/h4-15,19H,16-18,20H2,1-3H3. The van der Waals surface area contributed by atoms with E-state index in [2.05, 4.69) is 14.7 Å². The number of ether oxygens (including phenoxy) is 2. The van der Waals surface area contributed by atoms with E-state index in [1.165, 1.54) is 0 Å². The second-order valence-corrected chi connectivity index (χ2v) is 11.0. The molecule has 0 aliphatic heterocycles. The predicted octanol–water partition coefficient (Wildman–Crippen LogP) is 5.17. The fourth-order valence-corrected chi connectivity index (χ4v) is 5.89. The maximum Gasteiger partial charge on any atom is 0.269 e. The number of para-hydroxylation sites is 2. The van der Waals surface area contributed by atoms with Crippen molar-refractivity contribution in [3.8, 4) is 11.1 Å². The maximum atomic E-state index is 14.1. The van der Waals surface area contributed by atoms with Gasteiger partial charge in [0.1, 0.15) is 6.73 Å². The first-order valence-corrected chi connectivity index (χ1v) is 13.9. The summed E-state index contributed by atoms with van der Waals surface area (Å²) in [5, 5.41) is 3.96. The highest BCUT2D eigenvalue weighted by Gasteiger charge is 2.32. The van der Waals surface area contributed by atoms with Gasteiger partial charge in [0.2, 0.25) is 5.88 Å². The smallest absolute Gasteiger partial charge is 0.269 e. The molecular formula is C29H30N4O5S. The molecule has 0 aliphatic carbocycles. The first kappa shape index (κ1) is 26.6. The predicted molar refractivity (Wildman–Crippen MR) is 149 cm³/mol. The van der Waals surface area contributed by atoms with Crippen LogP contribution in [0.4, 0.5) is 5.88 Å². The highest BCUT2D eigenvalue weighted by Crippen LogP contribution is 2.34. The third kappa shape index (κ3) is 5.44. The van der Waals surface area contributed by atoms with E-state index in [0.717, 1.165) is 26.5 Å². The summed E-state index contributed by atoms with van der Waals surface area (Å²) in [4.78, 5) is 4.60. The molecule has 202 valence electrons. The summed E-state index contributed by atoms with van der Waals surface area (Å²) in [6.45, 7) is 4.50. The molecule has 2 heterocycles.